The zero-order chi connectivity index (χ0) is 12.4. The first-order valence-electron chi connectivity index (χ1n) is 5.72. The summed E-state index contributed by atoms with van der Waals surface area (Å²) in [6, 6.07) is 3.85. The first kappa shape index (κ1) is 12.2. The van der Waals surface area contributed by atoms with Crippen molar-refractivity contribution in [2.75, 3.05) is 27.4 Å². The van der Waals surface area contributed by atoms with E-state index in [0.29, 0.717) is 11.5 Å². The molecule has 2 unspecified atom stereocenters. The highest BCUT2D eigenvalue weighted by molar-refractivity contribution is 5.55. The van der Waals surface area contributed by atoms with E-state index < -0.39 is 0 Å². The summed E-state index contributed by atoms with van der Waals surface area (Å²) >= 11 is 0. The van der Waals surface area contributed by atoms with Crippen molar-refractivity contribution < 1.29 is 19.7 Å². The zero-order valence-electron chi connectivity index (χ0n) is 10.1. The third-order valence-electron chi connectivity index (χ3n) is 3.53. The molecule has 0 amide bonds. The standard InChI is InChI=1S/C13H18O4/c1-16-11-4-3-8-5-9(6-14)10(7-15)12(8)13(11)17-2/h3-4,9-10,14-15H,5-7H2,1-2H3. The van der Waals surface area contributed by atoms with Crippen LogP contribution in [0.4, 0.5) is 0 Å². The maximum atomic E-state index is 9.49. The van der Waals surface area contributed by atoms with E-state index in [4.69, 9.17) is 9.47 Å². The molecule has 1 aliphatic carbocycles. The third kappa shape index (κ3) is 1.87. The summed E-state index contributed by atoms with van der Waals surface area (Å²) in [5.74, 6) is 1.35. The van der Waals surface area contributed by atoms with Crippen LogP contribution >= 0.6 is 0 Å². The Balaban J connectivity index is 2.51. The van der Waals surface area contributed by atoms with Crippen molar-refractivity contribution in [3.63, 3.8) is 0 Å². The molecule has 4 nitrogen and oxygen atoms in total. The van der Waals surface area contributed by atoms with E-state index in [2.05, 4.69) is 0 Å². The number of methoxy groups -OCH3 is 2. The second-order valence-electron chi connectivity index (χ2n) is 4.31. The number of ether oxygens (including phenoxy) is 2. The molecule has 0 fully saturated rings. The number of aliphatic hydroxyl groups is 2. The molecular weight excluding hydrogens is 220 g/mol. The van der Waals surface area contributed by atoms with Gasteiger partial charge in [-0.15, -0.1) is 0 Å². The first-order valence-corrected chi connectivity index (χ1v) is 5.72. The number of rotatable bonds is 4. The van der Waals surface area contributed by atoms with Gasteiger partial charge in [-0.1, -0.05) is 6.07 Å². The molecular formula is C13H18O4. The van der Waals surface area contributed by atoms with Crippen LogP contribution in [0.2, 0.25) is 0 Å². The van der Waals surface area contributed by atoms with Crippen LogP contribution in [0, 0.1) is 5.92 Å². The lowest BCUT2D eigenvalue weighted by Gasteiger charge is -2.18. The van der Waals surface area contributed by atoms with E-state index >= 15 is 0 Å². The van der Waals surface area contributed by atoms with E-state index in [-0.39, 0.29) is 25.0 Å². The van der Waals surface area contributed by atoms with Gasteiger partial charge in [0.15, 0.2) is 11.5 Å². The summed E-state index contributed by atoms with van der Waals surface area (Å²) in [5.41, 5.74) is 2.11. The maximum absolute atomic E-state index is 9.49. The molecule has 0 radical (unpaired) electrons. The molecule has 0 saturated carbocycles. The second-order valence-corrected chi connectivity index (χ2v) is 4.31. The van der Waals surface area contributed by atoms with Crippen LogP contribution in [0.3, 0.4) is 0 Å². The van der Waals surface area contributed by atoms with Crippen LogP contribution in [-0.4, -0.2) is 37.6 Å². The van der Waals surface area contributed by atoms with Crippen molar-refractivity contribution in [1.82, 2.24) is 0 Å². The monoisotopic (exact) mass is 238 g/mol. The Morgan fingerprint density at radius 2 is 1.94 bits per heavy atom. The fraction of sp³-hybridized carbons (Fsp3) is 0.538. The Morgan fingerprint density at radius 3 is 2.47 bits per heavy atom. The van der Waals surface area contributed by atoms with Crippen molar-refractivity contribution in [3.8, 4) is 11.5 Å². The van der Waals surface area contributed by atoms with Crippen molar-refractivity contribution in [2.45, 2.75) is 12.3 Å². The molecule has 2 rings (SSSR count). The van der Waals surface area contributed by atoms with Gasteiger partial charge in [-0.3, -0.25) is 0 Å². The number of hydrogen-bond donors (Lipinski definition) is 2. The molecule has 1 aromatic rings. The van der Waals surface area contributed by atoms with E-state index in [1.807, 2.05) is 12.1 Å². The normalized spacial score (nSPS) is 22.4. The first-order chi connectivity index (χ1) is 8.26. The van der Waals surface area contributed by atoms with Gasteiger partial charge in [0.05, 0.1) is 20.8 Å². The Bertz CT molecular complexity index is 403. The fourth-order valence-corrected chi connectivity index (χ4v) is 2.67. The predicted octanol–water partition coefficient (Wildman–Crippen LogP) is 0.944. The Kier molecular flexibility index (Phi) is 3.54. The van der Waals surface area contributed by atoms with Gasteiger partial charge in [-0.25, -0.2) is 0 Å². The summed E-state index contributed by atoms with van der Waals surface area (Å²) in [7, 11) is 3.19. The van der Waals surface area contributed by atoms with Gasteiger partial charge in [0, 0.05) is 18.1 Å². The van der Waals surface area contributed by atoms with Gasteiger partial charge in [0.2, 0.25) is 0 Å². The van der Waals surface area contributed by atoms with E-state index in [0.717, 1.165) is 17.5 Å². The number of aliphatic hydroxyl groups excluding tert-OH is 2. The van der Waals surface area contributed by atoms with Crippen LogP contribution in [-0.2, 0) is 6.42 Å². The number of hydrogen-bond acceptors (Lipinski definition) is 4. The quantitative estimate of drug-likeness (QED) is 0.819. The third-order valence-corrected chi connectivity index (χ3v) is 3.53. The average Bonchev–Trinajstić information content (AvgIpc) is 2.74. The second kappa shape index (κ2) is 4.94. The molecule has 2 atom stereocenters. The minimum absolute atomic E-state index is 0.0156. The molecule has 0 spiro atoms. The Morgan fingerprint density at radius 1 is 1.18 bits per heavy atom. The van der Waals surface area contributed by atoms with Crippen LogP contribution < -0.4 is 9.47 Å². The predicted molar refractivity (Wildman–Crippen MR) is 63.7 cm³/mol. The average molecular weight is 238 g/mol. The lowest BCUT2D eigenvalue weighted by molar-refractivity contribution is 0.168. The molecule has 0 saturated heterocycles. The molecule has 2 N–H and O–H groups in total. The molecule has 4 heteroatoms. The van der Waals surface area contributed by atoms with Crippen LogP contribution in [0.25, 0.3) is 0 Å². The van der Waals surface area contributed by atoms with Crippen LogP contribution in [0.15, 0.2) is 12.1 Å². The summed E-state index contributed by atoms with van der Waals surface area (Å²) in [4.78, 5) is 0. The molecule has 17 heavy (non-hydrogen) atoms. The molecule has 0 aliphatic heterocycles. The number of fused-ring (bicyclic) bond motifs is 1. The van der Waals surface area contributed by atoms with Gasteiger partial charge < -0.3 is 19.7 Å². The number of benzene rings is 1. The van der Waals surface area contributed by atoms with E-state index in [9.17, 15) is 10.2 Å². The fourth-order valence-electron chi connectivity index (χ4n) is 2.67. The topological polar surface area (TPSA) is 58.9 Å². The minimum atomic E-state index is -0.0694. The summed E-state index contributed by atoms with van der Waals surface area (Å²) in [6.45, 7) is 0.0904. The molecule has 0 bridgehead atoms. The zero-order valence-corrected chi connectivity index (χ0v) is 10.1. The maximum Gasteiger partial charge on any atom is 0.164 e. The van der Waals surface area contributed by atoms with Crippen molar-refractivity contribution in [2.24, 2.45) is 5.92 Å². The molecule has 0 heterocycles. The minimum Gasteiger partial charge on any atom is -0.493 e. The highest BCUT2D eigenvalue weighted by atomic mass is 16.5. The summed E-state index contributed by atoms with van der Waals surface area (Å²) < 4.78 is 10.6. The molecule has 0 aromatic heterocycles. The highest BCUT2D eigenvalue weighted by Gasteiger charge is 2.35. The molecule has 1 aromatic carbocycles. The SMILES string of the molecule is COc1ccc2c(c1OC)C(CO)C(CO)C2. The van der Waals surface area contributed by atoms with Crippen molar-refractivity contribution >= 4 is 0 Å². The highest BCUT2D eigenvalue weighted by Crippen LogP contribution is 2.46. The molecule has 1 aliphatic rings. The van der Waals surface area contributed by atoms with Crippen molar-refractivity contribution in [3.05, 3.63) is 23.3 Å². The van der Waals surface area contributed by atoms with Crippen LogP contribution in [0.1, 0.15) is 17.0 Å². The lowest BCUT2D eigenvalue weighted by Crippen LogP contribution is -2.16. The smallest absolute Gasteiger partial charge is 0.164 e. The van der Waals surface area contributed by atoms with Gasteiger partial charge in [-0.05, 0) is 24.0 Å². The van der Waals surface area contributed by atoms with Gasteiger partial charge in [0.25, 0.3) is 0 Å². The van der Waals surface area contributed by atoms with Crippen LogP contribution in [0.5, 0.6) is 11.5 Å². The Labute approximate surface area is 101 Å². The molecule has 94 valence electrons. The van der Waals surface area contributed by atoms with Gasteiger partial charge in [-0.2, -0.15) is 0 Å². The summed E-state index contributed by atoms with van der Waals surface area (Å²) in [6.07, 6.45) is 0.775. The Hall–Kier alpha value is -1.26. The summed E-state index contributed by atoms with van der Waals surface area (Å²) in [5, 5.41) is 18.8. The largest absolute Gasteiger partial charge is 0.493 e. The van der Waals surface area contributed by atoms with E-state index in [1.165, 1.54) is 0 Å². The lowest BCUT2D eigenvalue weighted by atomic mass is 9.93. The van der Waals surface area contributed by atoms with Crippen molar-refractivity contribution in [1.29, 1.82) is 0 Å². The van der Waals surface area contributed by atoms with Gasteiger partial charge >= 0.3 is 0 Å². The van der Waals surface area contributed by atoms with E-state index in [1.54, 1.807) is 14.2 Å². The van der Waals surface area contributed by atoms with Gasteiger partial charge in [0.1, 0.15) is 0 Å².